The highest BCUT2D eigenvalue weighted by molar-refractivity contribution is 8.01. The van der Waals surface area contributed by atoms with Gasteiger partial charge in [-0.1, -0.05) is 142 Å². The van der Waals surface area contributed by atoms with Crippen molar-refractivity contribution in [1.29, 1.82) is 0 Å². The Labute approximate surface area is 200 Å². The van der Waals surface area contributed by atoms with Crippen LogP contribution in [0.2, 0.25) is 0 Å². The van der Waals surface area contributed by atoms with Crippen LogP contribution in [0.4, 0.5) is 0 Å². The maximum absolute atomic E-state index is 11.1. The summed E-state index contributed by atoms with van der Waals surface area (Å²) >= 11 is 1.46. The molecule has 188 valence electrons. The van der Waals surface area contributed by atoms with E-state index in [4.69, 9.17) is 0 Å². The molecule has 2 unspecified atom stereocenters. The predicted octanol–water partition coefficient (Wildman–Crippen LogP) is 9.76. The van der Waals surface area contributed by atoms with Gasteiger partial charge >= 0.3 is 0 Å². The Kier molecular flexibility index (Phi) is 21.0. The molecule has 0 radical (unpaired) electrons. The van der Waals surface area contributed by atoms with Crippen molar-refractivity contribution in [2.75, 3.05) is 0 Å². The van der Waals surface area contributed by atoms with Gasteiger partial charge in [0.1, 0.15) is 9.87 Å². The number of hydrogen-bond acceptors (Lipinski definition) is 3. The summed E-state index contributed by atoms with van der Waals surface area (Å²) < 4.78 is 0. The molecule has 31 heavy (non-hydrogen) atoms. The molecular weight excluding hydrogens is 400 g/mol. The second-order valence-electron chi connectivity index (χ2n) is 9.86. The zero-order chi connectivity index (χ0) is 23.3. The minimum Gasteiger partial charge on any atom is -0.379 e. The Morgan fingerprint density at radius 3 is 0.935 bits per heavy atom. The van der Waals surface area contributed by atoms with E-state index in [1.54, 1.807) is 0 Å². The Hall–Kier alpha value is 0.270. The highest BCUT2D eigenvalue weighted by Crippen LogP contribution is 2.43. The largest absolute Gasteiger partial charge is 0.379 e. The van der Waals surface area contributed by atoms with E-state index in [0.717, 1.165) is 38.5 Å². The van der Waals surface area contributed by atoms with Crippen LogP contribution in [0.5, 0.6) is 0 Å². The van der Waals surface area contributed by atoms with Crippen LogP contribution < -0.4 is 0 Å². The fourth-order valence-corrected chi connectivity index (χ4v) is 5.87. The van der Waals surface area contributed by atoms with Gasteiger partial charge in [-0.3, -0.25) is 0 Å². The average Bonchev–Trinajstić information content (AvgIpc) is 2.77. The fraction of sp³-hybridized carbons (Fsp3) is 1.00. The van der Waals surface area contributed by atoms with Gasteiger partial charge in [0, 0.05) is 0 Å². The van der Waals surface area contributed by atoms with Crippen LogP contribution >= 0.6 is 11.8 Å². The van der Waals surface area contributed by atoms with E-state index in [2.05, 4.69) is 27.7 Å². The molecule has 0 aromatic carbocycles. The van der Waals surface area contributed by atoms with Gasteiger partial charge in [-0.25, -0.2) is 0 Å². The van der Waals surface area contributed by atoms with Gasteiger partial charge in [0.05, 0.1) is 0 Å². The number of hydrogen-bond donors (Lipinski definition) is 2. The van der Waals surface area contributed by atoms with E-state index < -0.39 is 9.87 Å². The molecule has 0 saturated carbocycles. The standard InChI is InChI=1S/C28H58O2S/c1-5-9-11-13-15-17-19-21-23-25-27(29,7-3)31-28(30,8-4)26-24-22-20-18-16-14-12-10-6-2/h29-30H,5-26H2,1-4H3. The summed E-state index contributed by atoms with van der Waals surface area (Å²) in [5, 5.41) is 22.3. The zero-order valence-electron chi connectivity index (χ0n) is 21.9. The normalized spacial score (nSPS) is 15.7. The van der Waals surface area contributed by atoms with Crippen molar-refractivity contribution in [1.82, 2.24) is 0 Å². The van der Waals surface area contributed by atoms with Crippen molar-refractivity contribution >= 4 is 11.8 Å². The van der Waals surface area contributed by atoms with Crippen molar-refractivity contribution in [2.45, 2.75) is 179 Å². The molecule has 0 spiro atoms. The molecule has 0 saturated heterocycles. The van der Waals surface area contributed by atoms with Gasteiger partial charge in [0.2, 0.25) is 0 Å². The van der Waals surface area contributed by atoms with Gasteiger partial charge in [0.15, 0.2) is 0 Å². The van der Waals surface area contributed by atoms with Gasteiger partial charge < -0.3 is 10.2 Å². The number of aliphatic hydroxyl groups is 2. The molecule has 2 atom stereocenters. The van der Waals surface area contributed by atoms with Crippen molar-refractivity contribution in [3.05, 3.63) is 0 Å². The molecule has 0 bridgehead atoms. The lowest BCUT2D eigenvalue weighted by molar-refractivity contribution is 0.0857. The third-order valence-electron chi connectivity index (χ3n) is 6.83. The first-order valence-electron chi connectivity index (χ1n) is 14.1. The molecule has 2 N–H and O–H groups in total. The van der Waals surface area contributed by atoms with Crippen LogP contribution in [0, 0.1) is 0 Å². The van der Waals surface area contributed by atoms with Crippen molar-refractivity contribution in [3.63, 3.8) is 0 Å². The molecule has 0 amide bonds. The van der Waals surface area contributed by atoms with E-state index in [0.29, 0.717) is 0 Å². The summed E-state index contributed by atoms with van der Waals surface area (Å²) in [6.45, 7) is 8.66. The second-order valence-corrected chi connectivity index (χ2v) is 11.6. The minimum atomic E-state index is -0.773. The maximum atomic E-state index is 11.1. The Balaban J connectivity index is 4.02. The molecule has 0 aliphatic heterocycles. The summed E-state index contributed by atoms with van der Waals surface area (Å²) in [6, 6.07) is 0. The summed E-state index contributed by atoms with van der Waals surface area (Å²) in [5.74, 6) is 0. The maximum Gasteiger partial charge on any atom is 0.112 e. The first-order valence-corrected chi connectivity index (χ1v) is 14.9. The molecule has 0 aromatic heterocycles. The summed E-state index contributed by atoms with van der Waals surface area (Å²) in [7, 11) is 0. The SMILES string of the molecule is CCCCCCCCCCCC(O)(CC)SC(O)(CC)CCCCCCCCCCC. The molecule has 2 nitrogen and oxygen atoms in total. The van der Waals surface area contributed by atoms with Gasteiger partial charge in [0.25, 0.3) is 0 Å². The van der Waals surface area contributed by atoms with Gasteiger partial charge in [-0.2, -0.15) is 0 Å². The Morgan fingerprint density at radius 1 is 0.419 bits per heavy atom. The van der Waals surface area contributed by atoms with Crippen LogP contribution in [-0.4, -0.2) is 20.1 Å². The smallest absolute Gasteiger partial charge is 0.112 e. The summed E-state index contributed by atoms with van der Waals surface area (Å²) in [4.78, 5) is -1.55. The van der Waals surface area contributed by atoms with E-state index in [9.17, 15) is 10.2 Å². The molecule has 0 rings (SSSR count). The van der Waals surface area contributed by atoms with Gasteiger partial charge in [-0.15, -0.1) is 0 Å². The molecule has 0 aliphatic carbocycles. The molecule has 3 heteroatoms. The molecule has 0 heterocycles. The van der Waals surface area contributed by atoms with E-state index in [1.165, 1.54) is 114 Å². The Morgan fingerprint density at radius 2 is 0.677 bits per heavy atom. The van der Waals surface area contributed by atoms with Crippen molar-refractivity contribution in [3.8, 4) is 0 Å². The second kappa shape index (κ2) is 20.8. The third kappa shape index (κ3) is 18.4. The average molecular weight is 459 g/mol. The van der Waals surface area contributed by atoms with Crippen LogP contribution in [0.15, 0.2) is 0 Å². The van der Waals surface area contributed by atoms with Crippen LogP contribution in [0.1, 0.15) is 169 Å². The first-order chi connectivity index (χ1) is 14.9. The minimum absolute atomic E-state index is 0.717. The number of thioether (sulfide) groups is 1. The van der Waals surface area contributed by atoms with Crippen LogP contribution in [0.25, 0.3) is 0 Å². The first kappa shape index (κ1) is 31.3. The lowest BCUT2D eigenvalue weighted by Crippen LogP contribution is -2.34. The Bertz CT molecular complexity index is 342. The van der Waals surface area contributed by atoms with Gasteiger partial charge in [-0.05, 0) is 38.5 Å². The third-order valence-corrected chi connectivity index (χ3v) is 8.57. The summed E-state index contributed by atoms with van der Waals surface area (Å²) in [5.41, 5.74) is 0. The highest BCUT2D eigenvalue weighted by Gasteiger charge is 2.36. The molecule has 0 aliphatic rings. The molecule has 0 fully saturated rings. The number of unbranched alkanes of at least 4 members (excludes halogenated alkanes) is 16. The molecule has 0 aromatic rings. The lowest BCUT2D eigenvalue weighted by atomic mass is 10.0. The van der Waals surface area contributed by atoms with Crippen LogP contribution in [0.3, 0.4) is 0 Å². The fourth-order valence-electron chi connectivity index (χ4n) is 4.38. The lowest BCUT2D eigenvalue weighted by Gasteiger charge is -2.36. The van der Waals surface area contributed by atoms with Crippen molar-refractivity contribution < 1.29 is 10.2 Å². The predicted molar refractivity (Wildman–Crippen MR) is 142 cm³/mol. The zero-order valence-corrected chi connectivity index (χ0v) is 22.7. The monoisotopic (exact) mass is 458 g/mol. The molecular formula is C28H58O2S. The van der Waals surface area contributed by atoms with E-state index in [1.807, 2.05) is 0 Å². The van der Waals surface area contributed by atoms with E-state index >= 15 is 0 Å². The summed E-state index contributed by atoms with van der Waals surface area (Å²) in [6.07, 6.45) is 26.5. The van der Waals surface area contributed by atoms with Crippen molar-refractivity contribution in [2.24, 2.45) is 0 Å². The highest BCUT2D eigenvalue weighted by atomic mass is 32.2. The van der Waals surface area contributed by atoms with Crippen LogP contribution in [-0.2, 0) is 0 Å². The topological polar surface area (TPSA) is 40.5 Å². The van der Waals surface area contributed by atoms with E-state index in [-0.39, 0.29) is 0 Å². The number of rotatable bonds is 24. The quantitative estimate of drug-likeness (QED) is 0.112.